The first-order valence-corrected chi connectivity index (χ1v) is 5.36. The maximum Gasteiger partial charge on any atom is 0.273 e. The molecule has 0 unspecified atom stereocenters. The molecule has 1 rings (SSSR count). The molecule has 0 aliphatic rings. The standard InChI is InChI=1S/C10H13N3O3S/c1-3-11-10(17)12-8-5-4-7(13(14)15)6-9(8)16-2/h4-6H,3H2,1-2H3,(H2,11,12,17). The number of rotatable bonds is 4. The van der Waals surface area contributed by atoms with Crippen molar-refractivity contribution >= 4 is 28.7 Å². The van der Waals surface area contributed by atoms with Crippen LogP contribution in [0.5, 0.6) is 5.75 Å². The van der Waals surface area contributed by atoms with E-state index in [1.165, 1.54) is 19.2 Å². The fraction of sp³-hybridized carbons (Fsp3) is 0.300. The molecule has 1 aromatic carbocycles. The Morgan fingerprint density at radius 3 is 2.82 bits per heavy atom. The first kappa shape index (κ1) is 13.2. The van der Waals surface area contributed by atoms with Crippen LogP contribution in [0.3, 0.4) is 0 Å². The van der Waals surface area contributed by atoms with Crippen molar-refractivity contribution in [3.05, 3.63) is 28.3 Å². The van der Waals surface area contributed by atoms with Crippen LogP contribution in [0.2, 0.25) is 0 Å². The summed E-state index contributed by atoms with van der Waals surface area (Å²) in [6, 6.07) is 4.29. The molecule has 17 heavy (non-hydrogen) atoms. The smallest absolute Gasteiger partial charge is 0.273 e. The second-order valence-electron chi connectivity index (χ2n) is 3.13. The van der Waals surface area contributed by atoms with Gasteiger partial charge in [0, 0.05) is 12.6 Å². The monoisotopic (exact) mass is 255 g/mol. The van der Waals surface area contributed by atoms with Gasteiger partial charge in [-0.15, -0.1) is 0 Å². The van der Waals surface area contributed by atoms with Crippen molar-refractivity contribution in [3.63, 3.8) is 0 Å². The molecule has 0 saturated carbocycles. The molecule has 1 aromatic rings. The molecule has 0 heterocycles. The van der Waals surface area contributed by atoms with Crippen LogP contribution in [0.15, 0.2) is 18.2 Å². The Bertz CT molecular complexity index is 437. The first-order valence-electron chi connectivity index (χ1n) is 4.95. The van der Waals surface area contributed by atoms with E-state index in [4.69, 9.17) is 17.0 Å². The predicted molar refractivity (Wildman–Crippen MR) is 69.5 cm³/mol. The lowest BCUT2D eigenvalue weighted by atomic mass is 10.2. The number of benzene rings is 1. The molecule has 0 aromatic heterocycles. The van der Waals surface area contributed by atoms with Gasteiger partial charge >= 0.3 is 0 Å². The Hall–Kier alpha value is -1.89. The van der Waals surface area contributed by atoms with Crippen LogP contribution >= 0.6 is 12.2 Å². The van der Waals surface area contributed by atoms with Gasteiger partial charge in [0.2, 0.25) is 0 Å². The molecule has 0 atom stereocenters. The molecule has 0 saturated heterocycles. The maximum atomic E-state index is 10.6. The van der Waals surface area contributed by atoms with Gasteiger partial charge in [-0.25, -0.2) is 0 Å². The number of thiocarbonyl (C=S) groups is 1. The zero-order valence-corrected chi connectivity index (χ0v) is 10.3. The Labute approximate surface area is 104 Å². The molecule has 92 valence electrons. The molecule has 0 aliphatic heterocycles. The molecular weight excluding hydrogens is 242 g/mol. The number of non-ortho nitro benzene ring substituents is 1. The van der Waals surface area contributed by atoms with Gasteiger partial charge in [0.15, 0.2) is 5.11 Å². The highest BCUT2D eigenvalue weighted by molar-refractivity contribution is 7.80. The zero-order chi connectivity index (χ0) is 12.8. The van der Waals surface area contributed by atoms with Gasteiger partial charge in [0.05, 0.1) is 23.8 Å². The minimum absolute atomic E-state index is 0.0261. The second-order valence-corrected chi connectivity index (χ2v) is 3.53. The van der Waals surface area contributed by atoms with Crippen molar-refractivity contribution in [2.45, 2.75) is 6.92 Å². The fourth-order valence-corrected chi connectivity index (χ4v) is 1.48. The van der Waals surface area contributed by atoms with Crippen LogP contribution < -0.4 is 15.4 Å². The SMILES string of the molecule is CCNC(=S)Nc1ccc([N+](=O)[O-])cc1OC. The van der Waals surface area contributed by atoms with E-state index in [-0.39, 0.29) is 5.69 Å². The van der Waals surface area contributed by atoms with E-state index in [1.807, 2.05) is 6.92 Å². The number of hydrogen-bond donors (Lipinski definition) is 2. The highest BCUT2D eigenvalue weighted by atomic mass is 32.1. The van der Waals surface area contributed by atoms with Gasteiger partial charge in [-0.05, 0) is 25.2 Å². The van der Waals surface area contributed by atoms with Gasteiger partial charge < -0.3 is 15.4 Å². The minimum Gasteiger partial charge on any atom is -0.494 e. The van der Waals surface area contributed by atoms with Crippen LogP contribution in [-0.2, 0) is 0 Å². The molecule has 0 fully saturated rings. The minimum atomic E-state index is -0.477. The van der Waals surface area contributed by atoms with Gasteiger partial charge in [0.1, 0.15) is 5.75 Å². The maximum absolute atomic E-state index is 10.6. The first-order chi connectivity index (χ1) is 8.08. The van der Waals surface area contributed by atoms with Gasteiger partial charge in [0.25, 0.3) is 5.69 Å². The Morgan fingerprint density at radius 2 is 2.29 bits per heavy atom. The third-order valence-electron chi connectivity index (χ3n) is 1.98. The van der Waals surface area contributed by atoms with Crippen molar-refractivity contribution in [1.82, 2.24) is 5.32 Å². The molecule has 7 heteroatoms. The van der Waals surface area contributed by atoms with Crippen molar-refractivity contribution < 1.29 is 9.66 Å². The lowest BCUT2D eigenvalue weighted by molar-refractivity contribution is -0.384. The third-order valence-corrected chi connectivity index (χ3v) is 2.23. The topological polar surface area (TPSA) is 76.4 Å². The number of hydrogen-bond acceptors (Lipinski definition) is 4. The number of nitrogens with one attached hydrogen (secondary N) is 2. The lowest BCUT2D eigenvalue weighted by Gasteiger charge is -2.12. The molecule has 2 N–H and O–H groups in total. The second kappa shape index (κ2) is 6.00. The van der Waals surface area contributed by atoms with E-state index in [0.29, 0.717) is 23.1 Å². The average Bonchev–Trinajstić information content (AvgIpc) is 2.29. The molecule has 0 spiro atoms. The summed E-state index contributed by atoms with van der Waals surface area (Å²) in [5.41, 5.74) is 0.561. The number of anilines is 1. The zero-order valence-electron chi connectivity index (χ0n) is 9.52. The largest absolute Gasteiger partial charge is 0.494 e. The number of nitrogens with zero attached hydrogens (tertiary/aromatic N) is 1. The normalized spacial score (nSPS) is 9.53. The van der Waals surface area contributed by atoms with Gasteiger partial charge in [-0.2, -0.15) is 0 Å². The Morgan fingerprint density at radius 1 is 1.59 bits per heavy atom. The van der Waals surface area contributed by atoms with E-state index in [9.17, 15) is 10.1 Å². The van der Waals surface area contributed by atoms with Crippen LogP contribution in [0, 0.1) is 10.1 Å². The van der Waals surface area contributed by atoms with E-state index in [1.54, 1.807) is 6.07 Å². The Kier molecular flexibility index (Phi) is 4.65. The van der Waals surface area contributed by atoms with E-state index >= 15 is 0 Å². The summed E-state index contributed by atoms with van der Waals surface area (Å²) in [5, 5.41) is 16.9. The van der Waals surface area contributed by atoms with Crippen LogP contribution in [0.1, 0.15) is 6.92 Å². The summed E-state index contributed by atoms with van der Waals surface area (Å²) < 4.78 is 5.06. The Balaban J connectivity index is 2.92. The summed E-state index contributed by atoms with van der Waals surface area (Å²) in [5.74, 6) is 0.374. The highest BCUT2D eigenvalue weighted by Gasteiger charge is 2.11. The van der Waals surface area contributed by atoms with Crippen LogP contribution in [0.4, 0.5) is 11.4 Å². The highest BCUT2D eigenvalue weighted by Crippen LogP contribution is 2.28. The lowest BCUT2D eigenvalue weighted by Crippen LogP contribution is -2.28. The van der Waals surface area contributed by atoms with Crippen LogP contribution in [-0.4, -0.2) is 23.7 Å². The summed E-state index contributed by atoms with van der Waals surface area (Å²) >= 11 is 5.02. The van der Waals surface area contributed by atoms with E-state index in [2.05, 4.69) is 10.6 Å². The summed E-state index contributed by atoms with van der Waals surface area (Å²) in [7, 11) is 1.44. The average molecular weight is 255 g/mol. The number of ether oxygens (including phenoxy) is 1. The summed E-state index contributed by atoms with van der Waals surface area (Å²) in [6.45, 7) is 2.61. The third kappa shape index (κ3) is 3.56. The predicted octanol–water partition coefficient (Wildman–Crippen LogP) is 1.91. The molecular formula is C10H13N3O3S. The molecule has 0 aliphatic carbocycles. The van der Waals surface area contributed by atoms with E-state index in [0.717, 1.165) is 0 Å². The molecule has 0 radical (unpaired) electrons. The molecule has 0 bridgehead atoms. The van der Waals surface area contributed by atoms with Crippen molar-refractivity contribution in [1.29, 1.82) is 0 Å². The number of methoxy groups -OCH3 is 1. The number of nitro groups is 1. The van der Waals surface area contributed by atoms with Crippen molar-refractivity contribution in [2.24, 2.45) is 0 Å². The van der Waals surface area contributed by atoms with Crippen molar-refractivity contribution in [3.8, 4) is 5.75 Å². The fourth-order valence-electron chi connectivity index (χ4n) is 1.22. The summed E-state index contributed by atoms with van der Waals surface area (Å²) in [4.78, 5) is 10.1. The quantitative estimate of drug-likeness (QED) is 0.486. The van der Waals surface area contributed by atoms with Gasteiger partial charge in [-0.1, -0.05) is 0 Å². The van der Waals surface area contributed by atoms with E-state index < -0.39 is 4.92 Å². The van der Waals surface area contributed by atoms with Crippen molar-refractivity contribution in [2.75, 3.05) is 19.0 Å². The molecule has 6 nitrogen and oxygen atoms in total. The molecule has 0 amide bonds. The number of nitro benzene ring substituents is 1. The van der Waals surface area contributed by atoms with Crippen LogP contribution in [0.25, 0.3) is 0 Å². The van der Waals surface area contributed by atoms with Gasteiger partial charge in [-0.3, -0.25) is 10.1 Å². The summed E-state index contributed by atoms with van der Waals surface area (Å²) in [6.07, 6.45) is 0.